The first-order chi connectivity index (χ1) is 11.4. The van der Waals surface area contributed by atoms with Crippen LogP contribution >= 0.6 is 0 Å². The quantitative estimate of drug-likeness (QED) is 0.944. The van der Waals surface area contributed by atoms with Crippen molar-refractivity contribution < 1.29 is 9.59 Å². The number of benzene rings is 2. The summed E-state index contributed by atoms with van der Waals surface area (Å²) < 4.78 is 0. The van der Waals surface area contributed by atoms with Crippen molar-refractivity contribution in [2.24, 2.45) is 0 Å². The molecule has 24 heavy (non-hydrogen) atoms. The summed E-state index contributed by atoms with van der Waals surface area (Å²) in [5, 5.41) is 2.99. The molecular weight excluding hydrogens is 300 g/mol. The normalized spacial score (nSPS) is 17.2. The van der Waals surface area contributed by atoms with E-state index in [0.717, 1.165) is 22.4 Å². The molecule has 1 aliphatic rings. The molecule has 1 aliphatic heterocycles. The van der Waals surface area contributed by atoms with Crippen LogP contribution in [0.4, 0.5) is 5.69 Å². The van der Waals surface area contributed by atoms with E-state index in [0.29, 0.717) is 18.5 Å². The molecule has 0 aromatic heterocycles. The molecule has 1 atom stereocenters. The van der Waals surface area contributed by atoms with E-state index in [4.69, 9.17) is 0 Å². The van der Waals surface area contributed by atoms with Gasteiger partial charge < -0.3 is 10.2 Å². The number of aryl methyl sites for hydroxylation is 3. The molecule has 4 heteroatoms. The van der Waals surface area contributed by atoms with Crippen LogP contribution in [0.5, 0.6) is 0 Å². The maximum atomic E-state index is 12.5. The molecular formula is C20H22N2O2. The number of hydrogen-bond donors (Lipinski definition) is 1. The van der Waals surface area contributed by atoms with E-state index in [1.54, 1.807) is 4.90 Å². The van der Waals surface area contributed by atoms with Crippen molar-refractivity contribution >= 4 is 17.5 Å². The van der Waals surface area contributed by atoms with Crippen molar-refractivity contribution in [3.63, 3.8) is 0 Å². The summed E-state index contributed by atoms with van der Waals surface area (Å²) in [6.45, 7) is 6.48. The van der Waals surface area contributed by atoms with Gasteiger partial charge in [-0.15, -0.1) is 0 Å². The maximum absolute atomic E-state index is 12.5. The first-order valence-electron chi connectivity index (χ1n) is 8.18. The molecule has 0 bridgehead atoms. The van der Waals surface area contributed by atoms with Gasteiger partial charge in [0.25, 0.3) is 5.91 Å². The number of nitrogens with one attached hydrogen (secondary N) is 1. The summed E-state index contributed by atoms with van der Waals surface area (Å²) in [5.41, 5.74) is 4.81. The van der Waals surface area contributed by atoms with E-state index in [2.05, 4.69) is 5.32 Å². The van der Waals surface area contributed by atoms with Crippen molar-refractivity contribution in [2.45, 2.75) is 33.2 Å². The van der Waals surface area contributed by atoms with Crippen LogP contribution < -0.4 is 10.2 Å². The fourth-order valence-corrected chi connectivity index (χ4v) is 3.15. The first kappa shape index (κ1) is 16.2. The lowest BCUT2D eigenvalue weighted by Gasteiger charge is -2.17. The second-order valence-corrected chi connectivity index (χ2v) is 6.59. The number of amides is 2. The zero-order valence-corrected chi connectivity index (χ0v) is 14.3. The van der Waals surface area contributed by atoms with Gasteiger partial charge in [0.2, 0.25) is 5.91 Å². The third-order valence-corrected chi connectivity index (χ3v) is 4.29. The fourth-order valence-electron chi connectivity index (χ4n) is 3.15. The summed E-state index contributed by atoms with van der Waals surface area (Å²) in [4.78, 5) is 26.5. The number of nitrogens with zero attached hydrogens (tertiary/aromatic N) is 1. The average Bonchev–Trinajstić information content (AvgIpc) is 2.87. The van der Waals surface area contributed by atoms with Gasteiger partial charge >= 0.3 is 0 Å². The standard InChI is InChI=1S/C20H22N2O2/c1-13-4-6-18(7-5-13)22-12-17(11-19(22)23)21-20(24)16-9-14(2)8-15(3)10-16/h4-10,17H,11-12H2,1-3H3,(H,21,24)/t17-/m1/s1. The summed E-state index contributed by atoms with van der Waals surface area (Å²) in [7, 11) is 0. The van der Waals surface area contributed by atoms with Crippen LogP contribution in [-0.2, 0) is 4.79 Å². The molecule has 1 N–H and O–H groups in total. The molecule has 2 aromatic rings. The van der Waals surface area contributed by atoms with Crippen molar-refractivity contribution in [3.05, 3.63) is 64.7 Å². The van der Waals surface area contributed by atoms with Crippen molar-refractivity contribution in [1.82, 2.24) is 5.32 Å². The topological polar surface area (TPSA) is 49.4 Å². The van der Waals surface area contributed by atoms with Gasteiger partial charge in [-0.3, -0.25) is 9.59 Å². The molecule has 0 saturated carbocycles. The Morgan fingerprint density at radius 3 is 2.25 bits per heavy atom. The van der Waals surface area contributed by atoms with E-state index in [1.165, 1.54) is 0 Å². The molecule has 1 fully saturated rings. The van der Waals surface area contributed by atoms with Gasteiger partial charge in [-0.25, -0.2) is 0 Å². The Bertz CT molecular complexity index is 760. The van der Waals surface area contributed by atoms with Gasteiger partial charge in [0, 0.05) is 24.2 Å². The summed E-state index contributed by atoms with van der Waals surface area (Å²) in [5.74, 6) is -0.0741. The number of carbonyl (C=O) groups excluding carboxylic acids is 2. The van der Waals surface area contributed by atoms with Gasteiger partial charge in [0.05, 0.1) is 6.04 Å². The highest BCUT2D eigenvalue weighted by molar-refractivity contribution is 5.99. The van der Waals surface area contributed by atoms with Gasteiger partial charge in [-0.1, -0.05) is 34.9 Å². The Kier molecular flexibility index (Phi) is 4.38. The average molecular weight is 322 g/mol. The highest BCUT2D eigenvalue weighted by Gasteiger charge is 2.31. The van der Waals surface area contributed by atoms with Crippen LogP contribution in [0.25, 0.3) is 0 Å². The number of rotatable bonds is 3. The Balaban J connectivity index is 1.69. The second-order valence-electron chi connectivity index (χ2n) is 6.59. The minimum Gasteiger partial charge on any atom is -0.347 e. The molecule has 3 rings (SSSR count). The number of carbonyl (C=O) groups is 2. The minimum absolute atomic E-state index is 0.0459. The second kappa shape index (κ2) is 6.48. The highest BCUT2D eigenvalue weighted by Crippen LogP contribution is 2.22. The van der Waals surface area contributed by atoms with E-state index < -0.39 is 0 Å². The Morgan fingerprint density at radius 2 is 1.62 bits per heavy atom. The van der Waals surface area contributed by atoms with E-state index in [1.807, 2.05) is 63.2 Å². The number of hydrogen-bond acceptors (Lipinski definition) is 2. The van der Waals surface area contributed by atoms with Crippen LogP contribution in [0.1, 0.15) is 33.5 Å². The molecule has 4 nitrogen and oxygen atoms in total. The van der Waals surface area contributed by atoms with E-state index in [-0.39, 0.29) is 17.9 Å². The summed E-state index contributed by atoms with van der Waals surface area (Å²) >= 11 is 0. The molecule has 2 amide bonds. The molecule has 0 aliphatic carbocycles. The van der Waals surface area contributed by atoms with Crippen molar-refractivity contribution in [1.29, 1.82) is 0 Å². The monoisotopic (exact) mass is 322 g/mol. The van der Waals surface area contributed by atoms with Crippen LogP contribution in [0.3, 0.4) is 0 Å². The molecule has 1 heterocycles. The lowest BCUT2D eigenvalue weighted by atomic mass is 10.1. The van der Waals surface area contributed by atoms with Gasteiger partial charge in [-0.2, -0.15) is 0 Å². The van der Waals surface area contributed by atoms with E-state index >= 15 is 0 Å². The number of anilines is 1. The Morgan fingerprint density at radius 1 is 1.00 bits per heavy atom. The lowest BCUT2D eigenvalue weighted by Crippen LogP contribution is -2.37. The van der Waals surface area contributed by atoms with Gasteiger partial charge in [0.1, 0.15) is 0 Å². The van der Waals surface area contributed by atoms with Crippen LogP contribution in [0.2, 0.25) is 0 Å². The summed E-state index contributed by atoms with van der Waals surface area (Å²) in [6.07, 6.45) is 0.338. The zero-order chi connectivity index (χ0) is 17.3. The highest BCUT2D eigenvalue weighted by atomic mass is 16.2. The molecule has 124 valence electrons. The third kappa shape index (κ3) is 3.48. The maximum Gasteiger partial charge on any atom is 0.251 e. The molecule has 2 aromatic carbocycles. The fraction of sp³-hybridized carbons (Fsp3) is 0.300. The molecule has 0 spiro atoms. The SMILES string of the molecule is Cc1ccc(N2C[C@H](NC(=O)c3cc(C)cc(C)c3)CC2=O)cc1. The van der Waals surface area contributed by atoms with E-state index in [9.17, 15) is 9.59 Å². The third-order valence-electron chi connectivity index (χ3n) is 4.29. The first-order valence-corrected chi connectivity index (χ1v) is 8.18. The van der Waals surface area contributed by atoms with Gasteiger partial charge in [0.15, 0.2) is 0 Å². The smallest absolute Gasteiger partial charge is 0.251 e. The van der Waals surface area contributed by atoms with Crippen LogP contribution in [-0.4, -0.2) is 24.4 Å². The van der Waals surface area contributed by atoms with Crippen LogP contribution in [0, 0.1) is 20.8 Å². The van der Waals surface area contributed by atoms with Crippen molar-refractivity contribution in [3.8, 4) is 0 Å². The molecule has 0 unspecified atom stereocenters. The van der Waals surface area contributed by atoms with Gasteiger partial charge in [-0.05, 0) is 45.0 Å². The Hall–Kier alpha value is -2.62. The predicted octanol–water partition coefficient (Wildman–Crippen LogP) is 3.15. The minimum atomic E-state index is -0.160. The van der Waals surface area contributed by atoms with Crippen LogP contribution in [0.15, 0.2) is 42.5 Å². The lowest BCUT2D eigenvalue weighted by molar-refractivity contribution is -0.117. The predicted molar refractivity (Wildman–Crippen MR) is 95.3 cm³/mol. The molecule has 1 saturated heterocycles. The largest absolute Gasteiger partial charge is 0.347 e. The Labute approximate surface area is 142 Å². The zero-order valence-electron chi connectivity index (χ0n) is 14.3. The molecule has 0 radical (unpaired) electrons. The summed E-state index contributed by atoms with van der Waals surface area (Å²) in [6, 6.07) is 13.5. The van der Waals surface area contributed by atoms with Crippen molar-refractivity contribution in [2.75, 3.05) is 11.4 Å².